The van der Waals surface area contributed by atoms with Crippen LogP contribution in [0.2, 0.25) is 0 Å². The SMILES string of the molecule is COC(=O)c1ccc(NC(=O)c2nn(-c3ccc(C)cc3)c(=O)n(C)c2=O)cc1. The highest BCUT2D eigenvalue weighted by molar-refractivity contribution is 6.02. The van der Waals surface area contributed by atoms with E-state index in [1.807, 2.05) is 6.92 Å². The van der Waals surface area contributed by atoms with Crippen molar-refractivity contribution in [3.8, 4) is 5.69 Å². The van der Waals surface area contributed by atoms with E-state index in [1.54, 1.807) is 24.3 Å². The predicted octanol–water partition coefficient (Wildman–Crippen LogP) is 1.28. The lowest BCUT2D eigenvalue weighted by Gasteiger charge is -2.10. The van der Waals surface area contributed by atoms with Gasteiger partial charge in [-0.15, -0.1) is 0 Å². The fraction of sp³-hybridized carbons (Fsp3) is 0.150. The molecule has 0 atom stereocenters. The van der Waals surface area contributed by atoms with Gasteiger partial charge in [-0.1, -0.05) is 17.7 Å². The summed E-state index contributed by atoms with van der Waals surface area (Å²) in [5, 5.41) is 6.51. The van der Waals surface area contributed by atoms with Crippen LogP contribution in [-0.4, -0.2) is 33.3 Å². The van der Waals surface area contributed by atoms with E-state index in [0.717, 1.165) is 14.8 Å². The zero-order valence-corrected chi connectivity index (χ0v) is 16.0. The summed E-state index contributed by atoms with van der Waals surface area (Å²) in [6.45, 7) is 1.89. The van der Waals surface area contributed by atoms with Crippen LogP contribution in [0.5, 0.6) is 0 Å². The average Bonchev–Trinajstić information content (AvgIpc) is 2.73. The quantitative estimate of drug-likeness (QED) is 0.667. The summed E-state index contributed by atoms with van der Waals surface area (Å²) in [4.78, 5) is 48.9. The van der Waals surface area contributed by atoms with Gasteiger partial charge in [0.2, 0.25) is 5.69 Å². The van der Waals surface area contributed by atoms with Gasteiger partial charge in [0.1, 0.15) is 0 Å². The number of amides is 1. The van der Waals surface area contributed by atoms with Crippen LogP contribution in [-0.2, 0) is 11.8 Å². The minimum absolute atomic E-state index is 0.312. The monoisotopic (exact) mass is 394 g/mol. The number of aromatic nitrogens is 3. The highest BCUT2D eigenvalue weighted by atomic mass is 16.5. The summed E-state index contributed by atoms with van der Waals surface area (Å²) in [6.07, 6.45) is 0. The van der Waals surface area contributed by atoms with E-state index in [-0.39, 0.29) is 0 Å². The average molecular weight is 394 g/mol. The van der Waals surface area contributed by atoms with Crippen LogP contribution in [0.15, 0.2) is 58.1 Å². The van der Waals surface area contributed by atoms with E-state index < -0.39 is 28.8 Å². The van der Waals surface area contributed by atoms with Crippen molar-refractivity contribution in [3.05, 3.63) is 86.2 Å². The molecule has 0 aliphatic rings. The van der Waals surface area contributed by atoms with Gasteiger partial charge in [0, 0.05) is 12.7 Å². The lowest BCUT2D eigenvalue weighted by atomic mass is 10.2. The number of nitrogens with zero attached hydrogens (tertiary/aromatic N) is 3. The number of nitrogens with one attached hydrogen (secondary N) is 1. The van der Waals surface area contributed by atoms with Crippen LogP contribution >= 0.6 is 0 Å². The number of hydrogen-bond acceptors (Lipinski definition) is 6. The first kappa shape index (κ1) is 19.7. The van der Waals surface area contributed by atoms with Crippen molar-refractivity contribution in [3.63, 3.8) is 0 Å². The maximum Gasteiger partial charge on any atom is 0.351 e. The van der Waals surface area contributed by atoms with E-state index in [2.05, 4.69) is 15.2 Å². The van der Waals surface area contributed by atoms with Crippen LogP contribution in [0.3, 0.4) is 0 Å². The zero-order chi connectivity index (χ0) is 21.1. The van der Waals surface area contributed by atoms with Crippen molar-refractivity contribution in [2.24, 2.45) is 7.05 Å². The Kier molecular flexibility index (Phi) is 5.40. The van der Waals surface area contributed by atoms with E-state index in [0.29, 0.717) is 16.9 Å². The lowest BCUT2D eigenvalue weighted by molar-refractivity contribution is 0.0600. The number of hydrogen-bond donors (Lipinski definition) is 1. The summed E-state index contributed by atoms with van der Waals surface area (Å²) in [7, 11) is 2.54. The largest absolute Gasteiger partial charge is 0.465 e. The third kappa shape index (κ3) is 3.98. The molecule has 0 spiro atoms. The number of esters is 1. The molecule has 3 aromatic rings. The number of aryl methyl sites for hydroxylation is 1. The summed E-state index contributed by atoms with van der Waals surface area (Å²) in [6, 6.07) is 12.8. The number of anilines is 1. The van der Waals surface area contributed by atoms with Crippen LogP contribution in [0.1, 0.15) is 26.4 Å². The Bertz CT molecular complexity index is 1190. The Balaban J connectivity index is 1.96. The molecule has 1 N–H and O–H groups in total. The second-order valence-corrected chi connectivity index (χ2v) is 6.27. The first-order valence-electron chi connectivity index (χ1n) is 8.59. The number of rotatable bonds is 4. The smallest absolute Gasteiger partial charge is 0.351 e. The van der Waals surface area contributed by atoms with Gasteiger partial charge in [-0.25, -0.2) is 9.59 Å². The molecule has 9 heteroatoms. The number of methoxy groups -OCH3 is 1. The van der Waals surface area contributed by atoms with Gasteiger partial charge in [0.05, 0.1) is 18.4 Å². The molecule has 1 aromatic heterocycles. The van der Waals surface area contributed by atoms with Gasteiger partial charge in [-0.3, -0.25) is 14.2 Å². The van der Waals surface area contributed by atoms with Gasteiger partial charge in [-0.2, -0.15) is 9.78 Å². The van der Waals surface area contributed by atoms with Crippen molar-refractivity contribution < 1.29 is 14.3 Å². The van der Waals surface area contributed by atoms with Crippen LogP contribution in [0, 0.1) is 6.92 Å². The third-order valence-electron chi connectivity index (χ3n) is 4.23. The molecule has 0 fully saturated rings. The van der Waals surface area contributed by atoms with Crippen molar-refractivity contribution in [2.75, 3.05) is 12.4 Å². The fourth-order valence-electron chi connectivity index (χ4n) is 2.57. The second-order valence-electron chi connectivity index (χ2n) is 6.27. The van der Waals surface area contributed by atoms with Crippen molar-refractivity contribution >= 4 is 17.6 Å². The summed E-state index contributed by atoms with van der Waals surface area (Å²) < 4.78 is 6.43. The number of ether oxygens (including phenoxy) is 1. The molecule has 0 bridgehead atoms. The fourth-order valence-corrected chi connectivity index (χ4v) is 2.57. The third-order valence-corrected chi connectivity index (χ3v) is 4.23. The molecule has 29 heavy (non-hydrogen) atoms. The molecule has 148 valence electrons. The first-order chi connectivity index (χ1) is 13.8. The van der Waals surface area contributed by atoms with Crippen molar-refractivity contribution in [2.45, 2.75) is 6.92 Å². The zero-order valence-electron chi connectivity index (χ0n) is 16.0. The highest BCUT2D eigenvalue weighted by Crippen LogP contribution is 2.11. The van der Waals surface area contributed by atoms with Gasteiger partial charge in [-0.05, 0) is 43.3 Å². The molecular formula is C20H18N4O5. The molecular weight excluding hydrogens is 376 g/mol. The Hall–Kier alpha value is -4.01. The van der Waals surface area contributed by atoms with Crippen LogP contribution in [0.4, 0.5) is 5.69 Å². The Morgan fingerprint density at radius 2 is 1.62 bits per heavy atom. The predicted molar refractivity (Wildman–Crippen MR) is 106 cm³/mol. The van der Waals surface area contributed by atoms with E-state index in [1.165, 1.54) is 38.4 Å². The molecule has 1 amide bonds. The molecule has 0 unspecified atom stereocenters. The van der Waals surface area contributed by atoms with Gasteiger partial charge in [0.15, 0.2) is 0 Å². The number of carbonyl (C=O) groups is 2. The normalized spacial score (nSPS) is 10.4. The van der Waals surface area contributed by atoms with Crippen LogP contribution < -0.4 is 16.6 Å². The summed E-state index contributed by atoms with van der Waals surface area (Å²) in [5.74, 6) is -1.29. The van der Waals surface area contributed by atoms with Crippen molar-refractivity contribution in [1.82, 2.24) is 14.3 Å². The Labute approximate surface area is 165 Å². The second kappa shape index (κ2) is 7.93. The molecule has 3 rings (SSSR count). The van der Waals surface area contributed by atoms with E-state index in [9.17, 15) is 19.2 Å². The minimum Gasteiger partial charge on any atom is -0.465 e. The van der Waals surface area contributed by atoms with Gasteiger partial charge >= 0.3 is 11.7 Å². The highest BCUT2D eigenvalue weighted by Gasteiger charge is 2.19. The van der Waals surface area contributed by atoms with Crippen LogP contribution in [0.25, 0.3) is 5.69 Å². The minimum atomic E-state index is -0.818. The molecule has 0 saturated heterocycles. The van der Waals surface area contributed by atoms with Gasteiger partial charge in [0.25, 0.3) is 11.5 Å². The molecule has 0 aliphatic carbocycles. The van der Waals surface area contributed by atoms with E-state index in [4.69, 9.17) is 0 Å². The standard InChI is InChI=1S/C20H18N4O5/c1-12-4-10-15(11-5-12)24-20(28)23(2)18(26)16(22-24)17(25)21-14-8-6-13(7-9-14)19(27)29-3/h4-11H,1-3H3,(H,21,25). The Morgan fingerprint density at radius 3 is 2.21 bits per heavy atom. The number of benzene rings is 2. The topological polar surface area (TPSA) is 112 Å². The molecule has 0 radical (unpaired) electrons. The maximum atomic E-state index is 12.6. The summed E-state index contributed by atoms with van der Waals surface area (Å²) in [5.41, 5.74) is 0.143. The van der Waals surface area contributed by atoms with Gasteiger partial charge < -0.3 is 10.1 Å². The van der Waals surface area contributed by atoms with E-state index >= 15 is 0 Å². The molecule has 9 nitrogen and oxygen atoms in total. The summed E-state index contributed by atoms with van der Waals surface area (Å²) >= 11 is 0. The molecule has 1 heterocycles. The maximum absolute atomic E-state index is 12.6. The molecule has 2 aromatic carbocycles. The lowest BCUT2D eigenvalue weighted by Crippen LogP contribution is -2.43. The first-order valence-corrected chi connectivity index (χ1v) is 8.59. The van der Waals surface area contributed by atoms with Crippen molar-refractivity contribution in [1.29, 1.82) is 0 Å². The Morgan fingerprint density at radius 1 is 1.00 bits per heavy atom. The number of carbonyl (C=O) groups excluding carboxylic acids is 2. The molecule has 0 aliphatic heterocycles. The molecule has 0 saturated carbocycles.